The second-order valence-corrected chi connectivity index (χ2v) is 3.66. The summed E-state index contributed by atoms with van der Waals surface area (Å²) in [6, 6.07) is 0. The zero-order valence-corrected chi connectivity index (χ0v) is 7.11. The van der Waals surface area contributed by atoms with Gasteiger partial charge in [0.05, 0.1) is 11.3 Å². The molecule has 0 aromatic heterocycles. The van der Waals surface area contributed by atoms with Crippen molar-refractivity contribution < 1.29 is 23.0 Å². The standard InChI is InChI=1S/C8H8F4N2/c9-7(10)5(13)4-2-1-3(2)8(11,12)6(4)14/h2-3,7,13H,1,14H2/p+1. The molecule has 0 aliphatic heterocycles. The third kappa shape index (κ3) is 0.994. The van der Waals surface area contributed by atoms with Gasteiger partial charge in [0.15, 0.2) is 0 Å². The molecule has 2 unspecified atom stereocenters. The molecule has 0 heterocycles. The lowest BCUT2D eigenvalue weighted by atomic mass is 10.1. The molecule has 0 aromatic carbocycles. The Morgan fingerprint density at radius 1 is 1.50 bits per heavy atom. The van der Waals surface area contributed by atoms with Crippen LogP contribution in [0.15, 0.2) is 11.3 Å². The number of hydrogen-bond donors (Lipinski definition) is 2. The summed E-state index contributed by atoms with van der Waals surface area (Å²) in [5, 5.41) is 5.05. The lowest BCUT2D eigenvalue weighted by Gasteiger charge is -2.12. The predicted octanol–water partition coefficient (Wildman–Crippen LogP) is -0.0506. The minimum absolute atomic E-state index is 0.205. The van der Waals surface area contributed by atoms with Crippen LogP contribution in [0.4, 0.5) is 17.6 Å². The molecule has 14 heavy (non-hydrogen) atoms. The van der Waals surface area contributed by atoms with Gasteiger partial charge in [-0.3, -0.25) is 5.41 Å². The zero-order valence-electron chi connectivity index (χ0n) is 7.11. The molecule has 2 rings (SSSR count). The van der Waals surface area contributed by atoms with E-state index >= 15 is 0 Å². The highest BCUT2D eigenvalue weighted by molar-refractivity contribution is 6.00. The van der Waals surface area contributed by atoms with Crippen LogP contribution < -0.4 is 11.1 Å². The molecule has 0 aromatic rings. The molecule has 0 saturated heterocycles. The van der Waals surface area contributed by atoms with Crippen molar-refractivity contribution in [2.24, 2.45) is 17.6 Å². The minimum atomic E-state index is -3.15. The van der Waals surface area contributed by atoms with Gasteiger partial charge < -0.3 is 5.73 Å². The van der Waals surface area contributed by atoms with Gasteiger partial charge in [0.1, 0.15) is 0 Å². The first-order valence-corrected chi connectivity index (χ1v) is 4.16. The van der Waals surface area contributed by atoms with Crippen molar-refractivity contribution in [3.63, 3.8) is 0 Å². The summed E-state index contributed by atoms with van der Waals surface area (Å²) in [6.45, 7) is 0. The molecule has 2 aliphatic carbocycles. The summed E-state index contributed by atoms with van der Waals surface area (Å²) < 4.78 is 50.7. The summed E-state index contributed by atoms with van der Waals surface area (Å²) in [5.74, 6) is -4.62. The van der Waals surface area contributed by atoms with Crippen LogP contribution in [-0.2, 0) is 0 Å². The number of alkyl halides is 4. The van der Waals surface area contributed by atoms with Crippen molar-refractivity contribution in [1.82, 2.24) is 0 Å². The summed E-state index contributed by atoms with van der Waals surface area (Å²) in [7, 11) is 0. The van der Waals surface area contributed by atoms with Crippen molar-refractivity contribution in [3.8, 4) is 0 Å². The molecular formula is C8H9F4N2+. The number of halogens is 4. The van der Waals surface area contributed by atoms with Crippen molar-refractivity contribution in [1.29, 1.82) is 0 Å². The molecule has 0 spiro atoms. The molecule has 0 amide bonds. The summed E-state index contributed by atoms with van der Waals surface area (Å²) in [4.78, 5) is 0. The van der Waals surface area contributed by atoms with Crippen LogP contribution in [0.1, 0.15) is 6.42 Å². The monoisotopic (exact) mass is 209 g/mol. The first-order valence-electron chi connectivity index (χ1n) is 4.16. The highest BCUT2D eigenvalue weighted by Crippen LogP contribution is 2.61. The molecule has 2 atom stereocenters. The Kier molecular flexibility index (Phi) is 1.69. The maximum Gasteiger partial charge on any atom is 0.320 e. The Balaban J connectivity index is 2.36. The average molecular weight is 209 g/mol. The highest BCUT2D eigenvalue weighted by atomic mass is 19.3. The quantitative estimate of drug-likeness (QED) is 0.486. The van der Waals surface area contributed by atoms with Crippen LogP contribution in [0.3, 0.4) is 0 Å². The third-order valence-electron chi connectivity index (χ3n) is 2.82. The van der Waals surface area contributed by atoms with Gasteiger partial charge in [-0.15, -0.1) is 0 Å². The topological polar surface area (TPSA) is 51.6 Å². The van der Waals surface area contributed by atoms with Gasteiger partial charge in [-0.25, -0.2) is 0 Å². The van der Waals surface area contributed by atoms with Crippen molar-refractivity contribution >= 4 is 5.71 Å². The maximum absolute atomic E-state index is 13.2. The Morgan fingerprint density at radius 3 is 2.43 bits per heavy atom. The van der Waals surface area contributed by atoms with Gasteiger partial charge in [0.2, 0.25) is 5.71 Å². The van der Waals surface area contributed by atoms with E-state index < -0.39 is 35.6 Å². The lowest BCUT2D eigenvalue weighted by molar-refractivity contribution is -0.125. The van der Waals surface area contributed by atoms with E-state index in [0.29, 0.717) is 0 Å². The molecule has 4 N–H and O–H groups in total. The molecule has 0 bridgehead atoms. The fourth-order valence-corrected chi connectivity index (χ4v) is 1.98. The number of rotatable bonds is 2. The SMILES string of the molecule is NC1=C(C(=[NH2+])C(F)F)C2CC2C1(F)F. The summed E-state index contributed by atoms with van der Waals surface area (Å²) >= 11 is 0. The van der Waals surface area contributed by atoms with Crippen LogP contribution in [0.5, 0.6) is 0 Å². The van der Waals surface area contributed by atoms with E-state index in [4.69, 9.17) is 11.1 Å². The molecular weight excluding hydrogens is 200 g/mol. The fourth-order valence-electron chi connectivity index (χ4n) is 1.98. The molecule has 78 valence electrons. The molecule has 6 heteroatoms. The fraction of sp³-hybridized carbons (Fsp3) is 0.625. The first kappa shape index (κ1) is 9.48. The van der Waals surface area contributed by atoms with E-state index in [-0.39, 0.29) is 12.0 Å². The molecule has 1 fully saturated rings. The number of nitrogens with two attached hydrogens (primary N) is 2. The van der Waals surface area contributed by atoms with Crippen LogP contribution >= 0.6 is 0 Å². The highest BCUT2D eigenvalue weighted by Gasteiger charge is 2.66. The van der Waals surface area contributed by atoms with Gasteiger partial charge in [-0.2, -0.15) is 17.6 Å². The predicted molar refractivity (Wildman–Crippen MR) is 40.7 cm³/mol. The number of fused-ring (bicyclic) bond motifs is 1. The molecule has 1 saturated carbocycles. The van der Waals surface area contributed by atoms with E-state index in [1.807, 2.05) is 0 Å². The number of hydrogen-bond acceptors (Lipinski definition) is 1. The summed E-state index contributed by atoms with van der Waals surface area (Å²) in [5.41, 5.74) is 3.33. The third-order valence-corrected chi connectivity index (χ3v) is 2.82. The second-order valence-electron chi connectivity index (χ2n) is 3.66. The average Bonchev–Trinajstić information content (AvgIpc) is 2.80. The zero-order chi connectivity index (χ0) is 10.7. The van der Waals surface area contributed by atoms with Gasteiger partial charge in [0, 0.05) is 11.8 Å². The van der Waals surface area contributed by atoms with Crippen LogP contribution in [0.2, 0.25) is 0 Å². The second kappa shape index (κ2) is 2.49. The van der Waals surface area contributed by atoms with Crippen LogP contribution in [0.25, 0.3) is 0 Å². The molecule has 2 aliphatic rings. The number of allylic oxidation sites excluding steroid dienone is 2. The minimum Gasteiger partial charge on any atom is -0.397 e. The van der Waals surface area contributed by atoms with Gasteiger partial charge >= 0.3 is 6.43 Å². The molecule has 2 nitrogen and oxygen atoms in total. The largest absolute Gasteiger partial charge is 0.397 e. The van der Waals surface area contributed by atoms with Gasteiger partial charge in [-0.05, 0) is 6.42 Å². The van der Waals surface area contributed by atoms with E-state index in [9.17, 15) is 17.6 Å². The van der Waals surface area contributed by atoms with E-state index in [1.165, 1.54) is 0 Å². The first-order chi connectivity index (χ1) is 6.37. The van der Waals surface area contributed by atoms with Crippen molar-refractivity contribution in [2.45, 2.75) is 18.8 Å². The maximum atomic E-state index is 13.2. The Labute approximate surface area is 77.3 Å². The van der Waals surface area contributed by atoms with Crippen LogP contribution in [-0.4, -0.2) is 18.1 Å². The van der Waals surface area contributed by atoms with Crippen LogP contribution in [0, 0.1) is 11.8 Å². The Bertz CT molecular complexity index is 334. The van der Waals surface area contributed by atoms with E-state index in [1.54, 1.807) is 0 Å². The summed E-state index contributed by atoms with van der Waals surface area (Å²) in [6.07, 6.45) is -2.71. The van der Waals surface area contributed by atoms with Gasteiger partial charge in [-0.1, -0.05) is 0 Å². The smallest absolute Gasteiger partial charge is 0.320 e. The van der Waals surface area contributed by atoms with Crippen molar-refractivity contribution in [2.75, 3.05) is 0 Å². The van der Waals surface area contributed by atoms with E-state index in [0.717, 1.165) is 0 Å². The molecule has 0 radical (unpaired) electrons. The van der Waals surface area contributed by atoms with Gasteiger partial charge in [0.25, 0.3) is 5.92 Å². The normalized spacial score (nSPS) is 33.5. The Morgan fingerprint density at radius 2 is 2.07 bits per heavy atom. The lowest BCUT2D eigenvalue weighted by Crippen LogP contribution is -2.46. The Hall–Kier alpha value is -1.07. The van der Waals surface area contributed by atoms with Crippen molar-refractivity contribution in [3.05, 3.63) is 11.3 Å². The van der Waals surface area contributed by atoms with E-state index in [2.05, 4.69) is 0 Å².